The number of rotatable bonds is 8. The van der Waals surface area contributed by atoms with Crippen LogP contribution in [-0.4, -0.2) is 24.6 Å². The van der Waals surface area contributed by atoms with Gasteiger partial charge in [0.15, 0.2) is 0 Å². The molecule has 0 saturated heterocycles. The van der Waals surface area contributed by atoms with Crippen LogP contribution in [-0.2, 0) is 13.0 Å². The van der Waals surface area contributed by atoms with Gasteiger partial charge in [0.25, 0.3) is 0 Å². The maximum Gasteiger partial charge on any atom is 0.129 e. The van der Waals surface area contributed by atoms with Gasteiger partial charge in [-0.05, 0) is 49.9 Å². The van der Waals surface area contributed by atoms with Crippen molar-refractivity contribution >= 4 is 5.82 Å². The number of nitrogens with one attached hydrogen (secondary N) is 1. The quantitative estimate of drug-likeness (QED) is 0.735. The van der Waals surface area contributed by atoms with E-state index in [1.54, 1.807) is 0 Å². The third kappa shape index (κ3) is 4.70. The molecule has 0 spiro atoms. The fraction of sp³-hybridized carbons (Fsp3) is 0.722. The van der Waals surface area contributed by atoms with E-state index in [0.717, 1.165) is 25.9 Å². The second-order valence-electron chi connectivity index (χ2n) is 6.30. The Morgan fingerprint density at radius 3 is 2.62 bits per heavy atom. The molecule has 1 heterocycles. The highest BCUT2D eigenvalue weighted by Crippen LogP contribution is 2.26. The number of aromatic nitrogens is 1. The van der Waals surface area contributed by atoms with Gasteiger partial charge in [-0.2, -0.15) is 0 Å². The van der Waals surface area contributed by atoms with E-state index in [1.807, 2.05) is 0 Å². The molecule has 21 heavy (non-hydrogen) atoms. The molecule has 1 aliphatic carbocycles. The first-order chi connectivity index (χ1) is 10.2. The van der Waals surface area contributed by atoms with Crippen LogP contribution in [0.1, 0.15) is 63.6 Å². The van der Waals surface area contributed by atoms with Crippen LogP contribution in [0.15, 0.2) is 12.1 Å². The first-order valence-electron chi connectivity index (χ1n) is 8.68. The van der Waals surface area contributed by atoms with Crippen LogP contribution in [0.5, 0.6) is 0 Å². The first kappa shape index (κ1) is 16.3. The molecular weight excluding hydrogens is 258 g/mol. The molecule has 0 radical (unpaired) electrons. The monoisotopic (exact) mass is 289 g/mol. The topological polar surface area (TPSA) is 28.2 Å². The summed E-state index contributed by atoms with van der Waals surface area (Å²) in [6.45, 7) is 6.48. The van der Waals surface area contributed by atoms with Crippen molar-refractivity contribution in [3.05, 3.63) is 23.4 Å². The van der Waals surface area contributed by atoms with Crippen LogP contribution in [0.3, 0.4) is 0 Å². The minimum Gasteiger partial charge on any atom is -0.357 e. The number of hydrogen-bond donors (Lipinski definition) is 1. The molecule has 1 N–H and O–H groups in total. The average Bonchev–Trinajstić information content (AvgIpc) is 3.01. The largest absolute Gasteiger partial charge is 0.357 e. The number of nitrogens with zero attached hydrogens (tertiary/aromatic N) is 2. The van der Waals surface area contributed by atoms with Crippen molar-refractivity contribution in [2.45, 2.75) is 71.4 Å². The summed E-state index contributed by atoms with van der Waals surface area (Å²) in [7, 11) is 2.22. The van der Waals surface area contributed by atoms with Crippen molar-refractivity contribution in [3.8, 4) is 0 Å². The van der Waals surface area contributed by atoms with Crippen LogP contribution in [0, 0.1) is 0 Å². The van der Waals surface area contributed by atoms with Gasteiger partial charge in [0.1, 0.15) is 5.82 Å². The van der Waals surface area contributed by atoms with E-state index in [9.17, 15) is 0 Å². The van der Waals surface area contributed by atoms with Crippen LogP contribution in [0.25, 0.3) is 0 Å². The van der Waals surface area contributed by atoms with Crippen molar-refractivity contribution in [3.63, 3.8) is 0 Å². The van der Waals surface area contributed by atoms with Crippen LogP contribution in [0.2, 0.25) is 0 Å². The van der Waals surface area contributed by atoms with E-state index in [0.29, 0.717) is 6.04 Å². The molecule has 0 bridgehead atoms. The predicted molar refractivity (Wildman–Crippen MR) is 90.9 cm³/mol. The molecule has 0 aliphatic heterocycles. The summed E-state index contributed by atoms with van der Waals surface area (Å²) in [5, 5.41) is 3.51. The zero-order chi connectivity index (χ0) is 15.1. The molecule has 1 aromatic heterocycles. The molecule has 118 valence electrons. The summed E-state index contributed by atoms with van der Waals surface area (Å²) in [6, 6.07) is 5.24. The Morgan fingerprint density at radius 2 is 1.95 bits per heavy atom. The summed E-state index contributed by atoms with van der Waals surface area (Å²) < 4.78 is 0. The van der Waals surface area contributed by atoms with Crippen molar-refractivity contribution in [1.29, 1.82) is 0 Å². The third-order valence-electron chi connectivity index (χ3n) is 4.42. The van der Waals surface area contributed by atoms with Crippen LogP contribution >= 0.6 is 0 Å². The van der Waals surface area contributed by atoms with E-state index < -0.39 is 0 Å². The fourth-order valence-electron chi connectivity index (χ4n) is 3.19. The lowest BCUT2D eigenvalue weighted by Crippen LogP contribution is -2.30. The third-order valence-corrected chi connectivity index (χ3v) is 4.42. The van der Waals surface area contributed by atoms with E-state index >= 15 is 0 Å². The maximum atomic E-state index is 4.89. The second-order valence-corrected chi connectivity index (χ2v) is 6.30. The standard InChI is InChI=1S/C18H31N3/c1-4-8-16-12-15(14-19-11-5-2)13-18(20-16)21(3)17-9-6-7-10-17/h12-13,17,19H,4-11,14H2,1-3H3. The Labute approximate surface area is 130 Å². The zero-order valence-corrected chi connectivity index (χ0v) is 14.0. The van der Waals surface area contributed by atoms with Gasteiger partial charge < -0.3 is 10.2 Å². The molecule has 0 amide bonds. The zero-order valence-electron chi connectivity index (χ0n) is 14.0. The normalized spacial score (nSPS) is 15.6. The number of aryl methyl sites for hydroxylation is 1. The summed E-state index contributed by atoms with van der Waals surface area (Å²) in [5.41, 5.74) is 2.62. The van der Waals surface area contributed by atoms with Crippen molar-refractivity contribution in [1.82, 2.24) is 10.3 Å². The molecule has 3 heteroatoms. The summed E-state index contributed by atoms with van der Waals surface area (Å²) in [5.74, 6) is 1.17. The molecule has 1 aliphatic rings. The predicted octanol–water partition coefficient (Wildman–Crippen LogP) is 3.91. The lowest BCUT2D eigenvalue weighted by Gasteiger charge is -2.26. The Hall–Kier alpha value is -1.09. The number of hydrogen-bond acceptors (Lipinski definition) is 3. The van der Waals surface area contributed by atoms with Gasteiger partial charge in [-0.1, -0.05) is 33.1 Å². The van der Waals surface area contributed by atoms with Gasteiger partial charge in [-0.3, -0.25) is 0 Å². The Bertz CT molecular complexity index is 424. The lowest BCUT2D eigenvalue weighted by molar-refractivity contribution is 0.641. The van der Waals surface area contributed by atoms with E-state index in [1.165, 1.54) is 49.2 Å². The van der Waals surface area contributed by atoms with E-state index in [4.69, 9.17) is 4.98 Å². The van der Waals surface area contributed by atoms with Crippen molar-refractivity contribution in [2.75, 3.05) is 18.5 Å². The molecular formula is C18H31N3. The molecule has 0 atom stereocenters. The summed E-state index contributed by atoms with van der Waals surface area (Å²) in [6.07, 6.45) is 8.79. The highest BCUT2D eigenvalue weighted by molar-refractivity contribution is 5.43. The van der Waals surface area contributed by atoms with Gasteiger partial charge in [0.05, 0.1) is 0 Å². The molecule has 0 unspecified atom stereocenters. The maximum absolute atomic E-state index is 4.89. The van der Waals surface area contributed by atoms with Gasteiger partial charge in [0.2, 0.25) is 0 Å². The van der Waals surface area contributed by atoms with Gasteiger partial charge in [-0.25, -0.2) is 4.98 Å². The van der Waals surface area contributed by atoms with Crippen LogP contribution in [0.4, 0.5) is 5.82 Å². The number of anilines is 1. The Balaban J connectivity index is 2.13. The van der Waals surface area contributed by atoms with Gasteiger partial charge in [-0.15, -0.1) is 0 Å². The Kier molecular flexibility index (Phi) is 6.50. The molecule has 1 fully saturated rings. The van der Waals surface area contributed by atoms with Crippen molar-refractivity contribution in [2.24, 2.45) is 0 Å². The fourth-order valence-corrected chi connectivity index (χ4v) is 3.19. The Morgan fingerprint density at radius 1 is 1.19 bits per heavy atom. The summed E-state index contributed by atoms with van der Waals surface area (Å²) in [4.78, 5) is 7.31. The molecule has 0 aromatic carbocycles. The van der Waals surface area contributed by atoms with Crippen LogP contribution < -0.4 is 10.2 Å². The molecule has 3 nitrogen and oxygen atoms in total. The van der Waals surface area contributed by atoms with E-state index in [-0.39, 0.29) is 0 Å². The smallest absolute Gasteiger partial charge is 0.129 e. The highest BCUT2D eigenvalue weighted by Gasteiger charge is 2.21. The highest BCUT2D eigenvalue weighted by atomic mass is 15.2. The lowest BCUT2D eigenvalue weighted by atomic mass is 10.1. The molecule has 1 aromatic rings. The average molecular weight is 289 g/mol. The minimum absolute atomic E-state index is 0.686. The van der Waals surface area contributed by atoms with Crippen molar-refractivity contribution < 1.29 is 0 Å². The van der Waals surface area contributed by atoms with E-state index in [2.05, 4.69) is 43.2 Å². The van der Waals surface area contributed by atoms with Gasteiger partial charge in [0, 0.05) is 25.3 Å². The summed E-state index contributed by atoms with van der Waals surface area (Å²) >= 11 is 0. The SMILES string of the molecule is CCCNCc1cc(CCC)nc(N(C)C2CCCC2)c1. The molecule has 1 saturated carbocycles. The number of pyridine rings is 1. The second kappa shape index (κ2) is 8.38. The minimum atomic E-state index is 0.686. The molecule has 2 rings (SSSR count). The first-order valence-corrected chi connectivity index (χ1v) is 8.68. The van der Waals surface area contributed by atoms with Gasteiger partial charge >= 0.3 is 0 Å².